The summed E-state index contributed by atoms with van der Waals surface area (Å²) in [6.45, 7) is 12.2. The zero-order valence-electron chi connectivity index (χ0n) is 19.1. The number of hydrogen-bond donors (Lipinski definition) is 2. The molecule has 1 aliphatic heterocycles. The van der Waals surface area contributed by atoms with Crippen molar-refractivity contribution in [3.63, 3.8) is 0 Å². The first-order valence-corrected chi connectivity index (χ1v) is 12.0. The molecule has 1 aromatic carbocycles. The van der Waals surface area contributed by atoms with Gasteiger partial charge in [-0.25, -0.2) is 0 Å². The Morgan fingerprint density at radius 1 is 1.23 bits per heavy atom. The van der Waals surface area contributed by atoms with Gasteiger partial charge in [0, 0.05) is 37.3 Å². The first-order chi connectivity index (χ1) is 15.0. The van der Waals surface area contributed by atoms with Crippen molar-refractivity contribution in [2.24, 2.45) is 0 Å². The molecule has 1 unspecified atom stereocenters. The van der Waals surface area contributed by atoms with E-state index in [9.17, 15) is 4.79 Å². The van der Waals surface area contributed by atoms with Gasteiger partial charge in [-0.15, -0.1) is 0 Å². The number of nitrogens with zero attached hydrogens (tertiary/aromatic N) is 2. The second kappa shape index (κ2) is 11.6. The highest BCUT2D eigenvalue weighted by Crippen LogP contribution is 2.16. The van der Waals surface area contributed by atoms with E-state index in [4.69, 9.17) is 17.0 Å². The first kappa shape index (κ1) is 23.7. The van der Waals surface area contributed by atoms with Crippen LogP contribution in [-0.2, 0) is 17.7 Å². The van der Waals surface area contributed by atoms with E-state index in [1.807, 2.05) is 12.1 Å². The molecule has 7 heteroatoms. The minimum absolute atomic E-state index is 0.0495. The van der Waals surface area contributed by atoms with Crippen LogP contribution < -0.4 is 10.9 Å². The number of aromatic amines is 1. The monoisotopic (exact) mass is 444 g/mol. The summed E-state index contributed by atoms with van der Waals surface area (Å²) in [4.78, 5) is 20.3. The summed E-state index contributed by atoms with van der Waals surface area (Å²) in [5.41, 5.74) is 2.82. The van der Waals surface area contributed by atoms with Gasteiger partial charge < -0.3 is 24.8 Å². The van der Waals surface area contributed by atoms with Crippen LogP contribution in [-0.4, -0.2) is 65.3 Å². The highest BCUT2D eigenvalue weighted by molar-refractivity contribution is 7.80. The van der Waals surface area contributed by atoms with Crippen molar-refractivity contribution in [2.45, 2.75) is 52.7 Å². The number of benzene rings is 1. The van der Waals surface area contributed by atoms with Gasteiger partial charge in [0.25, 0.3) is 5.56 Å². The van der Waals surface area contributed by atoms with Crippen LogP contribution in [0.2, 0.25) is 0 Å². The highest BCUT2D eigenvalue weighted by Gasteiger charge is 2.18. The number of aromatic nitrogens is 1. The van der Waals surface area contributed by atoms with Gasteiger partial charge in [-0.3, -0.25) is 4.79 Å². The Hall–Kier alpha value is -1.96. The van der Waals surface area contributed by atoms with Gasteiger partial charge in [0.05, 0.1) is 12.6 Å². The third-order valence-corrected chi connectivity index (χ3v) is 6.53. The largest absolute Gasteiger partial charge is 0.376 e. The fourth-order valence-corrected chi connectivity index (χ4v) is 4.26. The Morgan fingerprint density at radius 2 is 2.03 bits per heavy atom. The summed E-state index contributed by atoms with van der Waals surface area (Å²) in [7, 11) is 0. The van der Waals surface area contributed by atoms with Crippen molar-refractivity contribution >= 4 is 28.2 Å². The summed E-state index contributed by atoms with van der Waals surface area (Å²) in [5, 5.41) is 5.13. The highest BCUT2D eigenvalue weighted by atomic mass is 32.1. The lowest BCUT2D eigenvalue weighted by molar-refractivity contribution is 0.113. The average molecular weight is 445 g/mol. The standard InChI is InChI=1S/C24H36N4O2S/c1-4-18-9-10-22-19(14-18)15-20(23(29)26-22)17-28(12-11-27(5-2)6-3)24(31)25-16-21-8-7-13-30-21/h9-10,14-15,21H,4-8,11-13,16-17H2,1-3H3,(H,25,31)(H,26,29). The van der Waals surface area contributed by atoms with E-state index in [0.29, 0.717) is 18.2 Å². The summed E-state index contributed by atoms with van der Waals surface area (Å²) in [5.74, 6) is 0. The minimum atomic E-state index is -0.0495. The van der Waals surface area contributed by atoms with Crippen molar-refractivity contribution in [2.75, 3.05) is 39.3 Å². The fraction of sp³-hybridized carbons (Fsp3) is 0.583. The van der Waals surface area contributed by atoms with Crippen LogP contribution in [0.25, 0.3) is 10.9 Å². The second-order valence-electron chi connectivity index (χ2n) is 8.17. The lowest BCUT2D eigenvalue weighted by Crippen LogP contribution is -2.46. The fourth-order valence-electron chi connectivity index (χ4n) is 4.02. The van der Waals surface area contributed by atoms with E-state index in [1.54, 1.807) is 0 Å². The molecule has 0 amide bonds. The zero-order valence-corrected chi connectivity index (χ0v) is 19.9. The molecule has 0 spiro atoms. The minimum Gasteiger partial charge on any atom is -0.376 e. The first-order valence-electron chi connectivity index (χ1n) is 11.6. The molecule has 2 N–H and O–H groups in total. The number of rotatable bonds is 10. The van der Waals surface area contributed by atoms with Crippen LogP contribution in [0.4, 0.5) is 0 Å². The molecule has 0 saturated carbocycles. The Bertz CT molecular complexity index is 919. The van der Waals surface area contributed by atoms with E-state index in [0.717, 1.165) is 68.5 Å². The molecule has 1 fully saturated rings. The van der Waals surface area contributed by atoms with Gasteiger partial charge >= 0.3 is 0 Å². The van der Waals surface area contributed by atoms with Crippen LogP contribution in [0.15, 0.2) is 29.1 Å². The van der Waals surface area contributed by atoms with E-state index in [-0.39, 0.29) is 11.7 Å². The molecular weight excluding hydrogens is 408 g/mol. The van der Waals surface area contributed by atoms with Crippen LogP contribution >= 0.6 is 12.2 Å². The molecular formula is C24H36N4O2S. The van der Waals surface area contributed by atoms with Crippen molar-refractivity contribution in [1.82, 2.24) is 20.1 Å². The van der Waals surface area contributed by atoms with Gasteiger partial charge in [-0.05, 0) is 73.7 Å². The van der Waals surface area contributed by atoms with Gasteiger partial charge in [0.15, 0.2) is 5.11 Å². The number of hydrogen-bond acceptors (Lipinski definition) is 4. The number of thiocarbonyl (C=S) groups is 1. The molecule has 2 heterocycles. The Kier molecular flexibility index (Phi) is 8.87. The van der Waals surface area contributed by atoms with E-state index < -0.39 is 0 Å². The quantitative estimate of drug-likeness (QED) is 0.549. The molecule has 0 radical (unpaired) electrons. The number of ether oxygens (including phenoxy) is 1. The summed E-state index contributed by atoms with van der Waals surface area (Å²) >= 11 is 5.74. The molecule has 1 atom stereocenters. The molecule has 1 aromatic heterocycles. The van der Waals surface area contributed by atoms with E-state index in [2.05, 4.69) is 53.0 Å². The Morgan fingerprint density at radius 3 is 2.71 bits per heavy atom. The van der Waals surface area contributed by atoms with Crippen molar-refractivity contribution < 1.29 is 4.74 Å². The van der Waals surface area contributed by atoms with Gasteiger partial charge in [0.1, 0.15) is 0 Å². The molecule has 170 valence electrons. The maximum Gasteiger partial charge on any atom is 0.253 e. The predicted octanol–water partition coefficient (Wildman–Crippen LogP) is 3.29. The molecule has 31 heavy (non-hydrogen) atoms. The maximum absolute atomic E-state index is 12.8. The molecule has 1 aliphatic rings. The van der Waals surface area contributed by atoms with Crippen LogP contribution in [0.3, 0.4) is 0 Å². The maximum atomic E-state index is 12.8. The smallest absolute Gasteiger partial charge is 0.253 e. The number of pyridine rings is 1. The molecule has 1 saturated heterocycles. The van der Waals surface area contributed by atoms with E-state index >= 15 is 0 Å². The number of fused-ring (bicyclic) bond motifs is 1. The average Bonchev–Trinajstić information content (AvgIpc) is 3.31. The third kappa shape index (κ3) is 6.51. The molecule has 3 rings (SSSR count). The van der Waals surface area contributed by atoms with Gasteiger partial charge in [-0.1, -0.05) is 26.8 Å². The van der Waals surface area contributed by atoms with Crippen LogP contribution in [0.5, 0.6) is 0 Å². The molecule has 0 aliphatic carbocycles. The van der Waals surface area contributed by atoms with Crippen molar-refractivity contribution in [3.05, 3.63) is 45.7 Å². The normalized spacial score (nSPS) is 16.2. The Balaban J connectivity index is 1.77. The third-order valence-electron chi connectivity index (χ3n) is 6.13. The van der Waals surface area contributed by atoms with Crippen molar-refractivity contribution in [1.29, 1.82) is 0 Å². The zero-order chi connectivity index (χ0) is 22.2. The van der Waals surface area contributed by atoms with Gasteiger partial charge in [0.2, 0.25) is 0 Å². The lowest BCUT2D eigenvalue weighted by atomic mass is 10.1. The summed E-state index contributed by atoms with van der Waals surface area (Å²) < 4.78 is 5.72. The summed E-state index contributed by atoms with van der Waals surface area (Å²) in [6.07, 6.45) is 3.37. The number of likely N-dealkylation sites (N-methyl/N-ethyl adjacent to an activating group) is 1. The van der Waals surface area contributed by atoms with Crippen molar-refractivity contribution in [3.8, 4) is 0 Å². The summed E-state index contributed by atoms with van der Waals surface area (Å²) in [6, 6.07) is 8.23. The topological polar surface area (TPSA) is 60.6 Å². The molecule has 6 nitrogen and oxygen atoms in total. The van der Waals surface area contributed by atoms with E-state index in [1.165, 1.54) is 5.56 Å². The van der Waals surface area contributed by atoms with Crippen LogP contribution in [0.1, 0.15) is 44.7 Å². The Labute approximate surface area is 191 Å². The number of nitrogens with one attached hydrogen (secondary N) is 2. The predicted molar refractivity (Wildman–Crippen MR) is 132 cm³/mol. The van der Waals surface area contributed by atoms with Gasteiger partial charge in [-0.2, -0.15) is 0 Å². The lowest BCUT2D eigenvalue weighted by Gasteiger charge is -2.29. The number of H-pyrrole nitrogens is 1. The molecule has 0 bridgehead atoms. The molecule has 2 aromatic rings. The number of aryl methyl sites for hydroxylation is 1. The second-order valence-corrected chi connectivity index (χ2v) is 8.56. The SMILES string of the molecule is CCc1ccc2[nH]c(=O)c(CN(CCN(CC)CC)C(=S)NCC3CCCO3)cc2c1. The van der Waals surface area contributed by atoms with Crippen LogP contribution in [0, 0.1) is 0 Å².